The van der Waals surface area contributed by atoms with Crippen LogP contribution in [0.15, 0.2) is 24.3 Å². The van der Waals surface area contributed by atoms with Gasteiger partial charge in [0.1, 0.15) is 11.7 Å². The normalized spacial score (nSPS) is 23.6. The van der Waals surface area contributed by atoms with E-state index in [0.29, 0.717) is 24.3 Å². The quantitative estimate of drug-likeness (QED) is 0.832. The van der Waals surface area contributed by atoms with E-state index >= 15 is 0 Å². The number of carbonyl (C=O) groups is 1. The molecule has 1 aliphatic heterocycles. The van der Waals surface area contributed by atoms with E-state index in [4.69, 9.17) is 9.47 Å². The van der Waals surface area contributed by atoms with Crippen LogP contribution in [0.1, 0.15) is 24.8 Å². The molecule has 0 aliphatic carbocycles. The number of nitrogens with zero attached hydrogens (tertiary/aromatic N) is 1. The first-order valence-electron chi connectivity index (χ1n) is 6.36. The summed E-state index contributed by atoms with van der Waals surface area (Å²) in [5.74, 6) is -0.227. The molecule has 0 bridgehead atoms. The molecule has 1 aliphatic rings. The van der Waals surface area contributed by atoms with E-state index in [9.17, 15) is 10.1 Å². The highest BCUT2D eigenvalue weighted by Gasteiger charge is 2.35. The predicted octanol–water partition coefficient (Wildman–Crippen LogP) is 2.30. The first kappa shape index (κ1) is 13.6. The Morgan fingerprint density at radius 2 is 2.16 bits per heavy atom. The zero-order chi connectivity index (χ0) is 13.8. The summed E-state index contributed by atoms with van der Waals surface area (Å²) in [4.78, 5) is 12.4. The molecule has 1 aromatic rings. The molecule has 0 radical (unpaired) electrons. The van der Waals surface area contributed by atoms with Gasteiger partial charge in [0.05, 0.1) is 19.3 Å². The molecule has 1 fully saturated rings. The van der Waals surface area contributed by atoms with Gasteiger partial charge in [0.2, 0.25) is 0 Å². The Kier molecular flexibility index (Phi) is 4.18. The van der Waals surface area contributed by atoms with Crippen molar-refractivity contribution >= 4 is 5.78 Å². The van der Waals surface area contributed by atoms with Crippen LogP contribution in [-0.2, 0) is 9.53 Å². The van der Waals surface area contributed by atoms with E-state index in [1.165, 1.54) is 0 Å². The van der Waals surface area contributed by atoms with E-state index in [2.05, 4.69) is 6.07 Å². The van der Waals surface area contributed by atoms with Gasteiger partial charge < -0.3 is 9.47 Å². The van der Waals surface area contributed by atoms with Gasteiger partial charge in [-0.25, -0.2) is 0 Å². The van der Waals surface area contributed by atoms with Crippen molar-refractivity contribution in [3.63, 3.8) is 0 Å². The van der Waals surface area contributed by atoms with Gasteiger partial charge in [-0.3, -0.25) is 4.79 Å². The lowest BCUT2D eigenvalue weighted by Gasteiger charge is -2.16. The molecule has 19 heavy (non-hydrogen) atoms. The number of benzene rings is 1. The molecule has 4 nitrogen and oxygen atoms in total. The van der Waals surface area contributed by atoms with Gasteiger partial charge in [-0.1, -0.05) is 12.1 Å². The number of ketones is 1. The lowest BCUT2D eigenvalue weighted by atomic mass is 9.85. The van der Waals surface area contributed by atoms with E-state index in [0.717, 1.165) is 0 Å². The molecule has 0 saturated carbocycles. The third-order valence-electron chi connectivity index (χ3n) is 3.60. The monoisotopic (exact) mass is 259 g/mol. The fourth-order valence-electron chi connectivity index (χ4n) is 2.42. The summed E-state index contributed by atoms with van der Waals surface area (Å²) in [7, 11) is 1.58. The van der Waals surface area contributed by atoms with Crippen molar-refractivity contribution in [3.05, 3.63) is 29.8 Å². The lowest BCUT2D eigenvalue weighted by Crippen LogP contribution is -2.26. The molecular weight excluding hydrogens is 242 g/mol. The van der Waals surface area contributed by atoms with Crippen LogP contribution < -0.4 is 4.74 Å². The van der Waals surface area contributed by atoms with Gasteiger partial charge in [0, 0.05) is 12.5 Å². The highest BCUT2D eigenvalue weighted by atomic mass is 16.5. The van der Waals surface area contributed by atoms with Crippen LogP contribution in [-0.4, -0.2) is 25.6 Å². The molecule has 2 rings (SSSR count). The minimum atomic E-state index is -0.722. The van der Waals surface area contributed by atoms with Crippen LogP contribution in [0.5, 0.6) is 5.75 Å². The lowest BCUT2D eigenvalue weighted by molar-refractivity contribution is -0.124. The Hall–Kier alpha value is -1.86. The standard InChI is InChI=1S/C15H17NO3/c1-10-13(7-8-19-10)15(17)14(9-16)11-3-5-12(18-2)6-4-11/h3-6,10,13-14H,7-8H2,1-2H3. The Balaban J connectivity index is 2.19. The van der Waals surface area contributed by atoms with Crippen LogP contribution >= 0.6 is 0 Å². The zero-order valence-electron chi connectivity index (χ0n) is 11.1. The first-order chi connectivity index (χ1) is 9.17. The van der Waals surface area contributed by atoms with Crippen LogP contribution in [0, 0.1) is 17.2 Å². The number of ether oxygens (including phenoxy) is 2. The molecule has 3 unspecified atom stereocenters. The van der Waals surface area contributed by atoms with Crippen molar-refractivity contribution in [2.24, 2.45) is 5.92 Å². The van der Waals surface area contributed by atoms with Gasteiger partial charge in [-0.15, -0.1) is 0 Å². The second-order valence-corrected chi connectivity index (χ2v) is 4.71. The summed E-state index contributed by atoms with van der Waals surface area (Å²) in [6.07, 6.45) is 0.607. The van der Waals surface area contributed by atoms with E-state index < -0.39 is 5.92 Å². The van der Waals surface area contributed by atoms with Gasteiger partial charge >= 0.3 is 0 Å². The van der Waals surface area contributed by atoms with Crippen LogP contribution in [0.2, 0.25) is 0 Å². The number of nitriles is 1. The summed E-state index contributed by atoms with van der Waals surface area (Å²) in [5.41, 5.74) is 0.715. The van der Waals surface area contributed by atoms with Gasteiger partial charge in [-0.05, 0) is 31.0 Å². The fourth-order valence-corrected chi connectivity index (χ4v) is 2.42. The number of methoxy groups -OCH3 is 1. The highest BCUT2D eigenvalue weighted by Crippen LogP contribution is 2.29. The van der Waals surface area contributed by atoms with Crippen molar-refractivity contribution in [1.29, 1.82) is 5.26 Å². The molecule has 1 heterocycles. The number of carbonyl (C=O) groups excluding carboxylic acids is 1. The minimum Gasteiger partial charge on any atom is -0.497 e. The zero-order valence-corrected chi connectivity index (χ0v) is 11.1. The summed E-state index contributed by atoms with van der Waals surface area (Å²) < 4.78 is 10.5. The summed E-state index contributed by atoms with van der Waals surface area (Å²) in [5, 5.41) is 9.28. The molecule has 0 spiro atoms. The smallest absolute Gasteiger partial charge is 0.160 e. The first-order valence-corrected chi connectivity index (χ1v) is 6.36. The van der Waals surface area contributed by atoms with Crippen molar-refractivity contribution in [3.8, 4) is 11.8 Å². The van der Waals surface area contributed by atoms with E-state index in [1.54, 1.807) is 31.4 Å². The maximum absolute atomic E-state index is 12.4. The van der Waals surface area contributed by atoms with Crippen molar-refractivity contribution < 1.29 is 14.3 Å². The maximum atomic E-state index is 12.4. The van der Waals surface area contributed by atoms with Gasteiger partial charge in [-0.2, -0.15) is 5.26 Å². The average Bonchev–Trinajstić information content (AvgIpc) is 2.86. The summed E-state index contributed by atoms with van der Waals surface area (Å²) in [6, 6.07) is 9.18. The Morgan fingerprint density at radius 1 is 1.47 bits per heavy atom. The van der Waals surface area contributed by atoms with Crippen LogP contribution in [0.3, 0.4) is 0 Å². The third-order valence-corrected chi connectivity index (χ3v) is 3.60. The Morgan fingerprint density at radius 3 is 2.63 bits per heavy atom. The molecular formula is C15H17NO3. The van der Waals surface area contributed by atoms with Crippen LogP contribution in [0.4, 0.5) is 0 Å². The molecule has 0 N–H and O–H groups in total. The largest absolute Gasteiger partial charge is 0.497 e. The second-order valence-electron chi connectivity index (χ2n) is 4.71. The number of rotatable bonds is 4. The topological polar surface area (TPSA) is 59.3 Å². The van der Waals surface area contributed by atoms with E-state index in [1.807, 2.05) is 6.92 Å². The number of Topliss-reactive ketones (excluding diaryl/α,β-unsaturated/α-hetero) is 1. The highest BCUT2D eigenvalue weighted by molar-refractivity contribution is 5.91. The minimum absolute atomic E-state index is 0.0438. The molecule has 1 saturated heterocycles. The van der Waals surface area contributed by atoms with Gasteiger partial charge in [0.15, 0.2) is 5.78 Å². The van der Waals surface area contributed by atoms with Gasteiger partial charge in [0.25, 0.3) is 0 Å². The molecule has 1 aromatic carbocycles. The molecule has 0 amide bonds. The average molecular weight is 259 g/mol. The number of hydrogen-bond donors (Lipinski definition) is 0. The predicted molar refractivity (Wildman–Crippen MR) is 69.9 cm³/mol. The number of hydrogen-bond acceptors (Lipinski definition) is 4. The molecule has 100 valence electrons. The SMILES string of the molecule is COc1ccc(C(C#N)C(=O)C2CCOC2C)cc1. The Bertz CT molecular complexity index is 489. The molecule has 0 aromatic heterocycles. The molecule has 4 heteroatoms. The van der Waals surface area contributed by atoms with E-state index in [-0.39, 0.29) is 17.8 Å². The van der Waals surface area contributed by atoms with Crippen molar-refractivity contribution in [1.82, 2.24) is 0 Å². The second kappa shape index (κ2) is 5.85. The summed E-state index contributed by atoms with van der Waals surface area (Å²) in [6.45, 7) is 2.48. The van der Waals surface area contributed by atoms with Crippen molar-refractivity contribution in [2.75, 3.05) is 13.7 Å². The van der Waals surface area contributed by atoms with Crippen molar-refractivity contribution in [2.45, 2.75) is 25.4 Å². The van der Waals surface area contributed by atoms with Crippen LogP contribution in [0.25, 0.3) is 0 Å². The fraction of sp³-hybridized carbons (Fsp3) is 0.467. The maximum Gasteiger partial charge on any atom is 0.160 e. The third kappa shape index (κ3) is 2.77. The Labute approximate surface area is 112 Å². The summed E-state index contributed by atoms with van der Waals surface area (Å²) >= 11 is 0. The molecule has 3 atom stereocenters.